The Balaban J connectivity index is 2.56. The quantitative estimate of drug-likeness (QED) is 0.834. The summed E-state index contributed by atoms with van der Waals surface area (Å²) in [5.41, 5.74) is 7.40. The topological polar surface area (TPSA) is 63.9 Å². The Morgan fingerprint density at radius 1 is 1.50 bits per heavy atom. The van der Waals surface area contributed by atoms with Crippen molar-refractivity contribution in [1.82, 2.24) is 10.2 Å². The van der Waals surface area contributed by atoms with Gasteiger partial charge in [-0.3, -0.25) is 5.10 Å². The van der Waals surface area contributed by atoms with Crippen molar-refractivity contribution in [2.24, 2.45) is 0 Å². The molecule has 1 aromatic heterocycles. The number of nitrogen functional groups attached to an aromatic ring is 1. The van der Waals surface area contributed by atoms with E-state index in [0.717, 1.165) is 0 Å². The Bertz CT molecular complexity index is 496. The molecule has 0 saturated carbocycles. The summed E-state index contributed by atoms with van der Waals surface area (Å²) in [6, 6.07) is 6.97. The zero-order chi connectivity index (χ0) is 11.5. The van der Waals surface area contributed by atoms with Crippen LogP contribution in [0, 0.1) is 0 Å². The standard InChI is InChI=1S/C11H12FN3O/c1-16-10-4-2-3-7(8(10)6-12)9-5-11(13)15-14-9/h2-5H,6H2,1H3,(H3,13,14,15). The number of alkyl halides is 1. The van der Waals surface area contributed by atoms with Gasteiger partial charge in [0.05, 0.1) is 12.8 Å². The summed E-state index contributed by atoms with van der Waals surface area (Å²) in [7, 11) is 1.51. The number of anilines is 1. The van der Waals surface area contributed by atoms with Crippen molar-refractivity contribution in [3.63, 3.8) is 0 Å². The number of hydrogen-bond acceptors (Lipinski definition) is 3. The molecule has 0 bridgehead atoms. The smallest absolute Gasteiger partial charge is 0.145 e. The number of nitrogens with two attached hydrogens (primary N) is 1. The van der Waals surface area contributed by atoms with Gasteiger partial charge in [0.25, 0.3) is 0 Å². The van der Waals surface area contributed by atoms with Crippen LogP contribution in [-0.2, 0) is 6.67 Å². The van der Waals surface area contributed by atoms with Crippen molar-refractivity contribution < 1.29 is 9.13 Å². The Hall–Kier alpha value is -2.04. The monoisotopic (exact) mass is 221 g/mol. The van der Waals surface area contributed by atoms with E-state index in [-0.39, 0.29) is 0 Å². The van der Waals surface area contributed by atoms with Crippen LogP contribution in [-0.4, -0.2) is 17.3 Å². The van der Waals surface area contributed by atoms with E-state index in [0.29, 0.717) is 28.4 Å². The fraction of sp³-hybridized carbons (Fsp3) is 0.182. The molecule has 5 heteroatoms. The first-order valence-electron chi connectivity index (χ1n) is 4.79. The zero-order valence-corrected chi connectivity index (χ0v) is 8.83. The Morgan fingerprint density at radius 3 is 2.88 bits per heavy atom. The molecule has 0 fully saturated rings. The Morgan fingerprint density at radius 2 is 2.31 bits per heavy atom. The average Bonchev–Trinajstić information content (AvgIpc) is 2.74. The van der Waals surface area contributed by atoms with Gasteiger partial charge in [0, 0.05) is 17.2 Å². The molecule has 0 amide bonds. The molecular weight excluding hydrogens is 209 g/mol. The Kier molecular flexibility index (Phi) is 2.76. The summed E-state index contributed by atoms with van der Waals surface area (Å²) in [6.45, 7) is -0.599. The molecule has 0 aliphatic rings. The lowest BCUT2D eigenvalue weighted by Crippen LogP contribution is -1.93. The van der Waals surface area contributed by atoms with Crippen LogP contribution in [0.15, 0.2) is 24.3 Å². The highest BCUT2D eigenvalue weighted by molar-refractivity contribution is 5.68. The number of methoxy groups -OCH3 is 1. The van der Waals surface area contributed by atoms with Gasteiger partial charge in [-0.2, -0.15) is 5.10 Å². The summed E-state index contributed by atoms with van der Waals surface area (Å²) in [4.78, 5) is 0. The first kappa shape index (κ1) is 10.5. The number of H-pyrrole nitrogens is 1. The van der Waals surface area contributed by atoms with Crippen LogP contribution in [0.4, 0.5) is 10.2 Å². The van der Waals surface area contributed by atoms with Gasteiger partial charge < -0.3 is 10.5 Å². The van der Waals surface area contributed by atoms with E-state index in [1.54, 1.807) is 24.3 Å². The number of aromatic amines is 1. The molecule has 0 radical (unpaired) electrons. The number of nitrogens with zero attached hydrogens (tertiary/aromatic N) is 1. The fourth-order valence-electron chi connectivity index (χ4n) is 1.62. The average molecular weight is 221 g/mol. The van der Waals surface area contributed by atoms with Crippen LogP contribution in [0.5, 0.6) is 5.75 Å². The second-order valence-electron chi connectivity index (χ2n) is 3.33. The third-order valence-corrected chi connectivity index (χ3v) is 2.37. The number of aromatic nitrogens is 2. The Labute approximate surface area is 92.2 Å². The van der Waals surface area contributed by atoms with Gasteiger partial charge >= 0.3 is 0 Å². The van der Waals surface area contributed by atoms with Crippen molar-refractivity contribution in [1.29, 1.82) is 0 Å². The predicted octanol–water partition coefficient (Wildman–Crippen LogP) is 2.14. The second kappa shape index (κ2) is 4.22. The molecular formula is C11H12FN3O. The van der Waals surface area contributed by atoms with Gasteiger partial charge in [0.2, 0.25) is 0 Å². The fourth-order valence-corrected chi connectivity index (χ4v) is 1.62. The van der Waals surface area contributed by atoms with E-state index in [1.165, 1.54) is 7.11 Å². The van der Waals surface area contributed by atoms with E-state index < -0.39 is 6.67 Å². The van der Waals surface area contributed by atoms with Crippen molar-refractivity contribution in [2.75, 3.05) is 12.8 Å². The van der Waals surface area contributed by atoms with Gasteiger partial charge in [-0.25, -0.2) is 4.39 Å². The molecule has 0 aliphatic carbocycles. The molecule has 0 atom stereocenters. The number of nitrogens with one attached hydrogen (secondary N) is 1. The van der Waals surface area contributed by atoms with Crippen molar-refractivity contribution in [3.05, 3.63) is 29.8 Å². The number of benzene rings is 1. The highest BCUT2D eigenvalue weighted by Gasteiger charge is 2.11. The van der Waals surface area contributed by atoms with E-state index >= 15 is 0 Å². The van der Waals surface area contributed by atoms with Crippen LogP contribution < -0.4 is 10.5 Å². The molecule has 0 saturated heterocycles. The van der Waals surface area contributed by atoms with Gasteiger partial charge in [-0.05, 0) is 6.07 Å². The van der Waals surface area contributed by atoms with Crippen LogP contribution in [0.1, 0.15) is 5.56 Å². The molecule has 0 unspecified atom stereocenters. The van der Waals surface area contributed by atoms with Crippen molar-refractivity contribution in [3.8, 4) is 17.0 Å². The summed E-state index contributed by atoms with van der Waals surface area (Å²) in [5, 5.41) is 6.56. The summed E-state index contributed by atoms with van der Waals surface area (Å²) in [6.07, 6.45) is 0. The molecule has 0 aliphatic heterocycles. The first-order chi connectivity index (χ1) is 7.76. The third kappa shape index (κ3) is 1.71. The largest absolute Gasteiger partial charge is 0.496 e. The molecule has 3 N–H and O–H groups in total. The first-order valence-corrected chi connectivity index (χ1v) is 4.79. The van der Waals surface area contributed by atoms with Crippen molar-refractivity contribution in [2.45, 2.75) is 6.67 Å². The minimum atomic E-state index is -0.599. The van der Waals surface area contributed by atoms with Crippen molar-refractivity contribution >= 4 is 5.82 Å². The maximum absolute atomic E-state index is 13.0. The van der Waals surface area contributed by atoms with Crippen LogP contribution in [0.3, 0.4) is 0 Å². The van der Waals surface area contributed by atoms with Gasteiger partial charge in [-0.1, -0.05) is 12.1 Å². The van der Waals surface area contributed by atoms with E-state index in [9.17, 15) is 4.39 Å². The lowest BCUT2D eigenvalue weighted by molar-refractivity contribution is 0.394. The predicted molar refractivity (Wildman–Crippen MR) is 59.8 cm³/mol. The summed E-state index contributed by atoms with van der Waals surface area (Å²) < 4.78 is 18.1. The second-order valence-corrected chi connectivity index (χ2v) is 3.33. The summed E-state index contributed by atoms with van der Waals surface area (Å²) >= 11 is 0. The minimum Gasteiger partial charge on any atom is -0.496 e. The van der Waals surface area contributed by atoms with Crippen LogP contribution >= 0.6 is 0 Å². The molecule has 84 valence electrons. The number of rotatable bonds is 3. The SMILES string of the molecule is COc1cccc(-c2cc(N)n[nH]2)c1CF. The highest BCUT2D eigenvalue weighted by Crippen LogP contribution is 2.30. The molecule has 4 nitrogen and oxygen atoms in total. The lowest BCUT2D eigenvalue weighted by Gasteiger charge is -2.09. The highest BCUT2D eigenvalue weighted by atomic mass is 19.1. The number of halogens is 1. The van der Waals surface area contributed by atoms with E-state index in [2.05, 4.69) is 10.2 Å². The molecule has 1 aromatic carbocycles. The van der Waals surface area contributed by atoms with Crippen LogP contribution in [0.2, 0.25) is 0 Å². The van der Waals surface area contributed by atoms with Gasteiger partial charge in [0.15, 0.2) is 0 Å². The molecule has 1 heterocycles. The lowest BCUT2D eigenvalue weighted by atomic mass is 10.0. The summed E-state index contributed by atoms with van der Waals surface area (Å²) in [5.74, 6) is 0.899. The molecule has 2 rings (SSSR count). The number of hydrogen-bond donors (Lipinski definition) is 2. The van der Waals surface area contributed by atoms with Gasteiger partial charge in [0.1, 0.15) is 18.2 Å². The molecule has 0 spiro atoms. The minimum absolute atomic E-state index is 0.377. The zero-order valence-electron chi connectivity index (χ0n) is 8.83. The maximum atomic E-state index is 13.0. The molecule has 16 heavy (non-hydrogen) atoms. The molecule has 2 aromatic rings. The van der Waals surface area contributed by atoms with E-state index in [4.69, 9.17) is 10.5 Å². The normalized spacial score (nSPS) is 10.4. The van der Waals surface area contributed by atoms with Gasteiger partial charge in [-0.15, -0.1) is 0 Å². The number of ether oxygens (including phenoxy) is 1. The van der Waals surface area contributed by atoms with E-state index in [1.807, 2.05) is 0 Å². The maximum Gasteiger partial charge on any atom is 0.145 e. The third-order valence-electron chi connectivity index (χ3n) is 2.37. The van der Waals surface area contributed by atoms with Crippen LogP contribution in [0.25, 0.3) is 11.3 Å².